The van der Waals surface area contributed by atoms with E-state index in [1.165, 1.54) is 12.1 Å². The van der Waals surface area contributed by atoms with Crippen molar-refractivity contribution in [3.05, 3.63) is 56.8 Å². The fourth-order valence-corrected chi connectivity index (χ4v) is 2.08. The highest BCUT2D eigenvalue weighted by Gasteiger charge is 2.11. The molecular weight excluding hydrogens is 288 g/mol. The second-order valence-electron chi connectivity index (χ2n) is 3.31. The van der Waals surface area contributed by atoms with E-state index in [1.54, 1.807) is 28.8 Å². The first-order valence-electron chi connectivity index (χ1n) is 4.70. The molecule has 0 N–H and O–H groups in total. The molecule has 0 unspecified atom stereocenters. The molecule has 6 heteroatoms. The molecule has 1 aromatic heterocycles. The first-order valence-corrected chi connectivity index (χ1v) is 5.50. The van der Waals surface area contributed by atoms with Gasteiger partial charge in [0.1, 0.15) is 0 Å². The Balaban J connectivity index is 2.60. The van der Waals surface area contributed by atoms with Crippen molar-refractivity contribution in [1.82, 2.24) is 4.57 Å². The van der Waals surface area contributed by atoms with Gasteiger partial charge in [-0.3, -0.25) is 14.9 Å². The van der Waals surface area contributed by atoms with Crippen LogP contribution in [-0.4, -0.2) is 15.8 Å². The summed E-state index contributed by atoms with van der Waals surface area (Å²) in [5.41, 5.74) is 0.982. The van der Waals surface area contributed by atoms with Crippen molar-refractivity contribution in [2.45, 2.75) is 0 Å². The van der Waals surface area contributed by atoms with Crippen molar-refractivity contribution in [3.63, 3.8) is 0 Å². The third-order valence-corrected chi connectivity index (χ3v) is 2.90. The molecule has 5 nitrogen and oxygen atoms in total. The molecule has 0 aliphatic rings. The highest BCUT2D eigenvalue weighted by atomic mass is 79.9. The van der Waals surface area contributed by atoms with Gasteiger partial charge >= 0.3 is 0 Å². The molecule has 0 fully saturated rings. The molecule has 1 aromatic carbocycles. The number of carbonyl (C=O) groups excluding carboxylic acids is 1. The normalized spacial score (nSPS) is 10.2. The van der Waals surface area contributed by atoms with Crippen LogP contribution in [0.5, 0.6) is 0 Å². The van der Waals surface area contributed by atoms with E-state index in [0.29, 0.717) is 22.3 Å². The molecule has 17 heavy (non-hydrogen) atoms. The van der Waals surface area contributed by atoms with E-state index in [-0.39, 0.29) is 5.69 Å². The molecule has 0 aliphatic heterocycles. The number of rotatable bonds is 3. The van der Waals surface area contributed by atoms with Gasteiger partial charge in [-0.25, -0.2) is 0 Å². The molecule has 0 atom stereocenters. The maximum absolute atomic E-state index is 10.9. The van der Waals surface area contributed by atoms with E-state index >= 15 is 0 Å². The zero-order valence-electron chi connectivity index (χ0n) is 8.54. The molecule has 0 amide bonds. The Morgan fingerprint density at radius 3 is 2.71 bits per heavy atom. The van der Waals surface area contributed by atoms with Crippen molar-refractivity contribution >= 4 is 27.9 Å². The number of hydrogen-bond acceptors (Lipinski definition) is 3. The first-order chi connectivity index (χ1) is 8.13. The second-order valence-corrected chi connectivity index (χ2v) is 4.12. The van der Waals surface area contributed by atoms with Crippen LogP contribution in [0.4, 0.5) is 5.69 Å². The van der Waals surface area contributed by atoms with Crippen LogP contribution in [0.2, 0.25) is 0 Å². The van der Waals surface area contributed by atoms with Crippen LogP contribution in [0.25, 0.3) is 5.69 Å². The average Bonchev–Trinajstić information content (AvgIpc) is 2.70. The van der Waals surface area contributed by atoms with Crippen LogP contribution in [0.1, 0.15) is 10.5 Å². The van der Waals surface area contributed by atoms with Gasteiger partial charge in [-0.1, -0.05) is 6.07 Å². The minimum atomic E-state index is -0.471. The van der Waals surface area contributed by atoms with Crippen molar-refractivity contribution in [2.75, 3.05) is 0 Å². The average molecular weight is 295 g/mol. The van der Waals surface area contributed by atoms with Crippen molar-refractivity contribution < 1.29 is 9.72 Å². The predicted octanol–water partition coefficient (Wildman–Crippen LogP) is 2.96. The highest BCUT2D eigenvalue weighted by Crippen LogP contribution is 2.23. The second kappa shape index (κ2) is 4.50. The fourth-order valence-electron chi connectivity index (χ4n) is 1.54. The lowest BCUT2D eigenvalue weighted by atomic mass is 10.2. The predicted molar refractivity (Wildman–Crippen MR) is 65.5 cm³/mol. The third kappa shape index (κ3) is 2.12. The Morgan fingerprint density at radius 1 is 1.29 bits per heavy atom. The van der Waals surface area contributed by atoms with Crippen molar-refractivity contribution in [1.29, 1.82) is 0 Å². The summed E-state index contributed by atoms with van der Waals surface area (Å²) in [7, 11) is 0. The smallest absolute Gasteiger partial charge is 0.271 e. The maximum Gasteiger partial charge on any atom is 0.271 e. The number of nitro groups is 1. The van der Waals surface area contributed by atoms with E-state index < -0.39 is 4.92 Å². The summed E-state index contributed by atoms with van der Waals surface area (Å²) in [6.45, 7) is 0. The quantitative estimate of drug-likeness (QED) is 0.497. The van der Waals surface area contributed by atoms with Gasteiger partial charge in [-0.2, -0.15) is 0 Å². The lowest BCUT2D eigenvalue weighted by Crippen LogP contribution is -2.00. The Bertz CT molecular complexity index is 592. The van der Waals surface area contributed by atoms with Gasteiger partial charge in [0.05, 0.1) is 20.9 Å². The van der Waals surface area contributed by atoms with Crippen LogP contribution >= 0.6 is 15.9 Å². The summed E-state index contributed by atoms with van der Waals surface area (Å²) >= 11 is 3.29. The van der Waals surface area contributed by atoms with E-state index in [4.69, 9.17) is 0 Å². The number of aldehydes is 1. The summed E-state index contributed by atoms with van der Waals surface area (Å²) in [6.07, 6.45) is 0.698. The van der Waals surface area contributed by atoms with E-state index in [1.807, 2.05) is 0 Å². The van der Waals surface area contributed by atoms with Crippen molar-refractivity contribution in [3.8, 4) is 5.69 Å². The summed E-state index contributed by atoms with van der Waals surface area (Å²) in [4.78, 5) is 21.1. The Labute approximate surface area is 105 Å². The van der Waals surface area contributed by atoms with Crippen LogP contribution in [0.3, 0.4) is 0 Å². The molecule has 0 saturated heterocycles. The topological polar surface area (TPSA) is 65.1 Å². The highest BCUT2D eigenvalue weighted by molar-refractivity contribution is 9.10. The molecule has 0 radical (unpaired) electrons. The Morgan fingerprint density at radius 2 is 2.06 bits per heavy atom. The zero-order chi connectivity index (χ0) is 12.4. The number of non-ortho nitro benzene ring substituents is 1. The Kier molecular flexibility index (Phi) is 3.06. The molecule has 0 saturated carbocycles. The van der Waals surface area contributed by atoms with Crippen LogP contribution < -0.4 is 0 Å². The SMILES string of the molecule is O=Cc1ccc(Br)n1-c1cccc([N+](=O)[O-])c1. The summed E-state index contributed by atoms with van der Waals surface area (Å²) in [6, 6.07) is 9.44. The summed E-state index contributed by atoms with van der Waals surface area (Å²) < 4.78 is 2.26. The molecule has 86 valence electrons. The largest absolute Gasteiger partial charge is 0.301 e. The number of halogens is 1. The van der Waals surface area contributed by atoms with E-state index in [9.17, 15) is 14.9 Å². The minimum absolute atomic E-state index is 0.0139. The van der Waals surface area contributed by atoms with Gasteiger partial charge in [0.15, 0.2) is 6.29 Å². The number of hydrogen-bond donors (Lipinski definition) is 0. The lowest BCUT2D eigenvalue weighted by Gasteiger charge is -2.06. The molecular formula is C11H7BrN2O3. The molecule has 2 rings (SSSR count). The lowest BCUT2D eigenvalue weighted by molar-refractivity contribution is -0.384. The summed E-state index contributed by atoms with van der Waals surface area (Å²) in [5.74, 6) is 0. The maximum atomic E-state index is 10.9. The number of nitrogens with zero attached hydrogens (tertiary/aromatic N) is 2. The molecule has 0 spiro atoms. The number of aromatic nitrogens is 1. The van der Waals surface area contributed by atoms with Gasteiger partial charge in [-0.15, -0.1) is 0 Å². The molecule has 1 heterocycles. The van der Waals surface area contributed by atoms with Gasteiger partial charge in [0, 0.05) is 12.1 Å². The number of nitro benzene ring substituents is 1. The van der Waals surface area contributed by atoms with Crippen LogP contribution in [0.15, 0.2) is 41.0 Å². The molecule has 2 aromatic rings. The molecule has 0 bridgehead atoms. The third-order valence-electron chi connectivity index (χ3n) is 2.28. The number of benzene rings is 1. The summed E-state index contributed by atoms with van der Waals surface area (Å²) in [5, 5.41) is 10.7. The minimum Gasteiger partial charge on any atom is -0.301 e. The van der Waals surface area contributed by atoms with E-state index in [0.717, 1.165) is 0 Å². The van der Waals surface area contributed by atoms with Gasteiger partial charge in [-0.05, 0) is 34.1 Å². The van der Waals surface area contributed by atoms with E-state index in [2.05, 4.69) is 15.9 Å². The monoisotopic (exact) mass is 294 g/mol. The number of carbonyl (C=O) groups is 1. The van der Waals surface area contributed by atoms with Crippen LogP contribution in [-0.2, 0) is 0 Å². The van der Waals surface area contributed by atoms with Crippen molar-refractivity contribution in [2.24, 2.45) is 0 Å². The van der Waals surface area contributed by atoms with Crippen LogP contribution in [0, 0.1) is 10.1 Å². The molecule has 0 aliphatic carbocycles. The first kappa shape index (κ1) is 11.5. The van der Waals surface area contributed by atoms with Gasteiger partial charge in [0.25, 0.3) is 5.69 Å². The van der Waals surface area contributed by atoms with Gasteiger partial charge in [0.2, 0.25) is 0 Å². The zero-order valence-corrected chi connectivity index (χ0v) is 10.1. The standard InChI is InChI=1S/C11H7BrN2O3/c12-11-5-4-10(7-15)13(11)8-2-1-3-9(6-8)14(16)17/h1-7H. The fraction of sp³-hybridized carbons (Fsp3) is 0. The Hall–Kier alpha value is -1.95. The van der Waals surface area contributed by atoms with Gasteiger partial charge < -0.3 is 4.57 Å².